The maximum atomic E-state index is 13.3. The summed E-state index contributed by atoms with van der Waals surface area (Å²) in [6, 6.07) is 13.8. The first kappa shape index (κ1) is 29.6. The average Bonchev–Trinajstić information content (AvgIpc) is 2.85. The third kappa shape index (κ3) is 8.81. The summed E-state index contributed by atoms with van der Waals surface area (Å²) in [5.74, 6) is 0.00808. The minimum absolute atomic E-state index is 0.0876. The van der Waals surface area contributed by atoms with Crippen LogP contribution in [0.15, 0.2) is 53.0 Å². The lowest BCUT2D eigenvalue weighted by atomic mass is 10.1. The molecular weight excluding hydrogens is 546 g/mol. The van der Waals surface area contributed by atoms with Crippen molar-refractivity contribution in [1.29, 1.82) is 0 Å². The molecule has 0 aromatic heterocycles. The highest BCUT2D eigenvalue weighted by Gasteiger charge is 2.27. The highest BCUT2D eigenvalue weighted by molar-refractivity contribution is 9.10. The number of methoxy groups -OCH3 is 1. The van der Waals surface area contributed by atoms with Gasteiger partial charge in [0.25, 0.3) is 0 Å². The molecule has 0 spiro atoms. The van der Waals surface area contributed by atoms with Crippen molar-refractivity contribution in [2.45, 2.75) is 52.1 Å². The smallest absolute Gasteiger partial charge is 0.242 e. The number of anilines is 1. The van der Waals surface area contributed by atoms with Crippen LogP contribution in [0.2, 0.25) is 0 Å². The summed E-state index contributed by atoms with van der Waals surface area (Å²) in [4.78, 5) is 27.6. The third-order valence-electron chi connectivity index (χ3n) is 5.77. The number of carbonyl (C=O) groups excluding carboxylic acids is 2. The summed E-state index contributed by atoms with van der Waals surface area (Å²) < 4.78 is 32.5. The topological polar surface area (TPSA) is 96.0 Å². The van der Waals surface area contributed by atoms with Gasteiger partial charge in [0.05, 0.1) is 19.1 Å². The Morgan fingerprint density at radius 3 is 2.36 bits per heavy atom. The van der Waals surface area contributed by atoms with Crippen LogP contribution in [0.3, 0.4) is 0 Å². The van der Waals surface area contributed by atoms with Gasteiger partial charge in [0.15, 0.2) is 0 Å². The molecule has 0 unspecified atom stereocenters. The van der Waals surface area contributed by atoms with Gasteiger partial charge in [0.2, 0.25) is 21.8 Å². The number of nitrogens with zero attached hydrogens (tertiary/aromatic N) is 2. The van der Waals surface area contributed by atoms with Gasteiger partial charge in [-0.25, -0.2) is 8.42 Å². The van der Waals surface area contributed by atoms with Crippen molar-refractivity contribution in [1.82, 2.24) is 10.2 Å². The molecule has 8 nitrogen and oxygen atoms in total. The van der Waals surface area contributed by atoms with Gasteiger partial charge >= 0.3 is 0 Å². The summed E-state index contributed by atoms with van der Waals surface area (Å²) in [5, 5.41) is 2.90. The number of amides is 2. The SMILES string of the molecule is CCCCNC(=O)[C@H](C)N(Cc1ccc(Br)cc1)C(=O)CCCN(c1ccccc1OC)S(C)(=O)=O. The summed E-state index contributed by atoms with van der Waals surface area (Å²) >= 11 is 3.41. The van der Waals surface area contributed by atoms with Crippen LogP contribution in [0.25, 0.3) is 0 Å². The standard InChI is InChI=1S/C26H36BrN3O5S/c1-5-6-17-28-26(32)20(2)29(19-21-13-15-22(27)16-14-21)25(31)12-9-18-30(36(4,33)34)23-10-7-8-11-24(23)35-3/h7-8,10-11,13-16,20H,5-6,9,12,17-19H2,1-4H3,(H,28,32)/t20-/m0/s1. The summed E-state index contributed by atoms with van der Waals surface area (Å²) in [6.07, 6.45) is 3.32. The predicted molar refractivity (Wildman–Crippen MR) is 146 cm³/mol. The number of halogens is 1. The van der Waals surface area contributed by atoms with Crippen LogP contribution < -0.4 is 14.4 Å². The van der Waals surface area contributed by atoms with E-state index in [0.717, 1.165) is 29.1 Å². The molecule has 1 atom stereocenters. The fourth-order valence-corrected chi connectivity index (χ4v) is 4.96. The molecule has 2 amide bonds. The molecule has 2 aromatic rings. The first-order valence-corrected chi connectivity index (χ1v) is 14.6. The zero-order valence-electron chi connectivity index (χ0n) is 21.4. The quantitative estimate of drug-likeness (QED) is 0.335. The van der Waals surface area contributed by atoms with E-state index in [1.54, 1.807) is 36.1 Å². The number of para-hydroxylation sites is 2. The molecule has 0 bridgehead atoms. The van der Waals surface area contributed by atoms with Crippen molar-refractivity contribution in [2.24, 2.45) is 0 Å². The Bertz CT molecular complexity index is 1110. The number of nitrogens with one attached hydrogen (secondary N) is 1. The van der Waals surface area contributed by atoms with Crippen molar-refractivity contribution in [2.75, 3.05) is 30.8 Å². The second-order valence-corrected chi connectivity index (χ2v) is 11.4. The molecule has 0 saturated carbocycles. The van der Waals surface area contributed by atoms with Gasteiger partial charge in [-0.2, -0.15) is 0 Å². The molecule has 0 aliphatic heterocycles. The molecule has 0 aliphatic rings. The highest BCUT2D eigenvalue weighted by atomic mass is 79.9. The maximum absolute atomic E-state index is 13.3. The Morgan fingerprint density at radius 1 is 1.08 bits per heavy atom. The molecular formula is C26H36BrN3O5S. The minimum atomic E-state index is -3.60. The monoisotopic (exact) mass is 581 g/mol. The van der Waals surface area contributed by atoms with Gasteiger partial charge in [-0.05, 0) is 49.6 Å². The lowest BCUT2D eigenvalue weighted by Crippen LogP contribution is -2.48. The van der Waals surface area contributed by atoms with E-state index in [0.29, 0.717) is 18.0 Å². The molecule has 36 heavy (non-hydrogen) atoms. The molecule has 0 saturated heterocycles. The molecule has 198 valence electrons. The fourth-order valence-electron chi connectivity index (χ4n) is 3.72. The van der Waals surface area contributed by atoms with Gasteiger partial charge in [-0.1, -0.05) is 53.5 Å². The number of sulfonamides is 1. The lowest BCUT2D eigenvalue weighted by Gasteiger charge is -2.29. The normalized spacial score (nSPS) is 12.0. The highest BCUT2D eigenvalue weighted by Crippen LogP contribution is 2.29. The number of benzene rings is 2. The van der Waals surface area contributed by atoms with Crippen LogP contribution in [0, 0.1) is 0 Å². The number of unbranched alkanes of at least 4 members (excludes halogenated alkanes) is 1. The Kier molecular flexibility index (Phi) is 11.7. The summed E-state index contributed by atoms with van der Waals surface area (Å²) in [7, 11) is -2.12. The molecule has 2 aromatic carbocycles. The van der Waals surface area contributed by atoms with Crippen molar-refractivity contribution < 1.29 is 22.7 Å². The Morgan fingerprint density at radius 2 is 1.75 bits per heavy atom. The second kappa shape index (κ2) is 14.2. The van der Waals surface area contributed by atoms with Crippen molar-refractivity contribution in [3.05, 3.63) is 58.6 Å². The largest absolute Gasteiger partial charge is 0.495 e. The van der Waals surface area contributed by atoms with Crippen LogP contribution in [-0.4, -0.2) is 57.6 Å². The van der Waals surface area contributed by atoms with E-state index in [9.17, 15) is 18.0 Å². The molecule has 0 radical (unpaired) electrons. The first-order valence-electron chi connectivity index (χ1n) is 12.0. The molecule has 0 fully saturated rings. The van der Waals surface area contributed by atoms with Crippen LogP contribution in [0.5, 0.6) is 5.75 Å². The molecule has 2 rings (SSSR count). The average molecular weight is 583 g/mol. The van der Waals surface area contributed by atoms with E-state index in [1.807, 2.05) is 31.2 Å². The van der Waals surface area contributed by atoms with Crippen LogP contribution in [0.1, 0.15) is 45.1 Å². The van der Waals surface area contributed by atoms with E-state index >= 15 is 0 Å². The molecule has 1 N–H and O–H groups in total. The van der Waals surface area contributed by atoms with Gasteiger partial charge in [0.1, 0.15) is 11.8 Å². The third-order valence-corrected chi connectivity index (χ3v) is 7.48. The molecule has 10 heteroatoms. The fraction of sp³-hybridized carbons (Fsp3) is 0.462. The Labute approximate surface area is 223 Å². The number of ether oxygens (including phenoxy) is 1. The molecule has 0 heterocycles. The Balaban J connectivity index is 2.16. The Hall–Kier alpha value is -2.59. The van der Waals surface area contributed by atoms with Gasteiger partial charge < -0.3 is 15.0 Å². The van der Waals surface area contributed by atoms with E-state index in [2.05, 4.69) is 21.2 Å². The van der Waals surface area contributed by atoms with Crippen molar-refractivity contribution >= 4 is 43.5 Å². The van der Waals surface area contributed by atoms with Crippen LogP contribution in [0.4, 0.5) is 5.69 Å². The van der Waals surface area contributed by atoms with E-state index < -0.39 is 16.1 Å². The summed E-state index contributed by atoms with van der Waals surface area (Å²) in [6.45, 7) is 4.70. The van der Waals surface area contributed by atoms with Crippen molar-refractivity contribution in [3.8, 4) is 5.75 Å². The maximum Gasteiger partial charge on any atom is 0.242 e. The van der Waals surface area contributed by atoms with E-state index in [4.69, 9.17) is 4.74 Å². The number of hydrogen-bond acceptors (Lipinski definition) is 5. The lowest BCUT2D eigenvalue weighted by molar-refractivity contribution is -0.140. The van der Waals surface area contributed by atoms with Gasteiger partial charge in [-0.15, -0.1) is 0 Å². The zero-order chi connectivity index (χ0) is 26.7. The van der Waals surface area contributed by atoms with E-state index in [-0.39, 0.29) is 37.7 Å². The van der Waals surface area contributed by atoms with Crippen molar-refractivity contribution in [3.63, 3.8) is 0 Å². The van der Waals surface area contributed by atoms with E-state index in [1.165, 1.54) is 11.4 Å². The van der Waals surface area contributed by atoms with Crippen LogP contribution in [-0.2, 0) is 26.2 Å². The first-order chi connectivity index (χ1) is 17.1. The summed E-state index contributed by atoms with van der Waals surface area (Å²) in [5.41, 5.74) is 1.32. The second-order valence-electron chi connectivity index (χ2n) is 8.58. The number of rotatable bonds is 14. The number of hydrogen-bond donors (Lipinski definition) is 1. The predicted octanol–water partition coefficient (Wildman–Crippen LogP) is 4.34. The van der Waals surface area contributed by atoms with Gasteiger partial charge in [-0.3, -0.25) is 13.9 Å². The minimum Gasteiger partial charge on any atom is -0.495 e. The van der Waals surface area contributed by atoms with Gasteiger partial charge in [0, 0.05) is 30.5 Å². The molecule has 0 aliphatic carbocycles. The zero-order valence-corrected chi connectivity index (χ0v) is 23.8. The number of carbonyl (C=O) groups is 2. The van der Waals surface area contributed by atoms with Crippen LogP contribution >= 0.6 is 15.9 Å².